The molecule has 44 heavy (non-hydrogen) atoms. The van der Waals surface area contributed by atoms with Crippen LogP contribution in [0.2, 0.25) is 0 Å². The van der Waals surface area contributed by atoms with Gasteiger partial charge in [-0.05, 0) is 18.6 Å². The lowest BCUT2D eigenvalue weighted by Crippen LogP contribution is -2.47. The van der Waals surface area contributed by atoms with E-state index in [0.717, 1.165) is 30.2 Å². The van der Waals surface area contributed by atoms with Gasteiger partial charge in [-0.3, -0.25) is 19.1 Å². The average Bonchev–Trinajstić information content (AvgIpc) is 3.76. The smallest absolute Gasteiger partial charge is 0.309 e. The number of anilines is 2. The largest absolute Gasteiger partial charge is 0.481 e. The van der Waals surface area contributed by atoms with E-state index in [1.54, 1.807) is 16.7 Å². The summed E-state index contributed by atoms with van der Waals surface area (Å²) in [6.45, 7) is 5.19. The molecule has 0 radical (unpaired) electrons. The predicted octanol–water partition coefficient (Wildman–Crippen LogP) is 2.74. The second-order valence-electron chi connectivity index (χ2n) is 10.3. The van der Waals surface area contributed by atoms with Crippen LogP contribution in [-0.4, -0.2) is 80.8 Å². The first kappa shape index (κ1) is 29.5. The Labute approximate surface area is 253 Å². The van der Waals surface area contributed by atoms with Crippen LogP contribution in [0.5, 0.6) is 5.75 Å². The van der Waals surface area contributed by atoms with Gasteiger partial charge in [0.05, 0.1) is 12.0 Å². The molecule has 0 saturated carbocycles. The third kappa shape index (κ3) is 5.94. The summed E-state index contributed by atoms with van der Waals surface area (Å²) in [7, 11) is 0. The summed E-state index contributed by atoms with van der Waals surface area (Å²) in [5.74, 6) is -1.20. The van der Waals surface area contributed by atoms with Crippen LogP contribution in [0, 0.1) is 11.6 Å². The molecule has 0 atom stereocenters. The average molecular weight is 628 g/mol. The number of nitrogens with zero attached hydrogens (tertiary/aromatic N) is 7. The number of nitrogens with one attached hydrogen (secondary N) is 1. The number of fused-ring (bicyclic) bond motifs is 3. The fraction of sp³-hybridized carbons (Fsp3) is 0.393. The minimum absolute atomic E-state index is 0.0970. The summed E-state index contributed by atoms with van der Waals surface area (Å²) in [4.78, 5) is 37.7. The molecule has 1 aliphatic heterocycles. The van der Waals surface area contributed by atoms with Gasteiger partial charge in [0.1, 0.15) is 10.5 Å². The molecule has 232 valence electrons. The molecule has 4 aromatic heterocycles. The van der Waals surface area contributed by atoms with E-state index in [1.807, 2.05) is 11.8 Å². The Hall–Kier alpha value is -4.57. The lowest BCUT2D eigenvalue weighted by Gasteiger charge is -2.36. The molecule has 0 bridgehead atoms. The number of rotatable bonds is 11. The predicted molar refractivity (Wildman–Crippen MR) is 161 cm³/mol. The van der Waals surface area contributed by atoms with Crippen LogP contribution in [-0.2, 0) is 11.3 Å². The van der Waals surface area contributed by atoms with Gasteiger partial charge in [0.25, 0.3) is 5.91 Å². The molecule has 6 rings (SSSR count). The zero-order valence-corrected chi connectivity index (χ0v) is 24.8. The first-order valence-corrected chi connectivity index (χ1v) is 15.1. The highest BCUT2D eigenvalue weighted by Crippen LogP contribution is 2.29. The van der Waals surface area contributed by atoms with Gasteiger partial charge < -0.3 is 25.1 Å². The number of benzene rings is 1. The molecule has 0 spiro atoms. The maximum absolute atomic E-state index is 14.8. The molecule has 16 heteroatoms. The Morgan fingerprint density at radius 3 is 2.70 bits per heavy atom. The van der Waals surface area contributed by atoms with E-state index in [0.29, 0.717) is 73.4 Å². The molecule has 1 saturated heterocycles. The molecule has 13 nitrogen and oxygen atoms in total. The summed E-state index contributed by atoms with van der Waals surface area (Å²) >= 11 is 1.03. The summed E-state index contributed by atoms with van der Waals surface area (Å²) < 4.78 is 43.5. The molecule has 1 aromatic carbocycles. The van der Waals surface area contributed by atoms with E-state index >= 15 is 0 Å². The first-order chi connectivity index (χ1) is 21.3. The molecule has 5 heterocycles. The lowest BCUT2D eigenvalue weighted by molar-refractivity contribution is -0.123. The molecular weight excluding hydrogens is 596 g/mol. The van der Waals surface area contributed by atoms with E-state index in [1.165, 1.54) is 16.8 Å². The number of halogens is 2. The van der Waals surface area contributed by atoms with Crippen molar-refractivity contribution in [3.63, 3.8) is 0 Å². The Kier molecular flexibility index (Phi) is 8.43. The van der Waals surface area contributed by atoms with Crippen molar-refractivity contribution in [2.75, 3.05) is 56.5 Å². The lowest BCUT2D eigenvalue weighted by atomic mass is 10.2. The van der Waals surface area contributed by atoms with Crippen molar-refractivity contribution in [1.82, 2.24) is 34.4 Å². The number of piperazine rings is 1. The van der Waals surface area contributed by atoms with Crippen molar-refractivity contribution in [2.45, 2.75) is 26.3 Å². The Morgan fingerprint density at radius 1 is 1.14 bits per heavy atom. The Bertz CT molecular complexity index is 1850. The molecule has 0 unspecified atom stereocenters. The van der Waals surface area contributed by atoms with Gasteiger partial charge in [0.15, 0.2) is 35.2 Å². The van der Waals surface area contributed by atoms with Gasteiger partial charge in [-0.2, -0.15) is 9.50 Å². The second kappa shape index (κ2) is 12.6. The summed E-state index contributed by atoms with van der Waals surface area (Å²) in [5.41, 5.74) is 7.24. The first-order valence-electron chi connectivity index (χ1n) is 14.3. The molecule has 1 amide bonds. The number of carbonyl (C=O) groups is 1. The highest BCUT2D eigenvalue weighted by atomic mass is 32.1. The highest BCUT2D eigenvalue weighted by Gasteiger charge is 2.24. The van der Waals surface area contributed by atoms with Crippen LogP contribution >= 0.6 is 11.3 Å². The Balaban J connectivity index is 1.10. The number of aromatic nitrogens is 5. The van der Waals surface area contributed by atoms with Crippen molar-refractivity contribution in [2.24, 2.45) is 0 Å². The van der Waals surface area contributed by atoms with Gasteiger partial charge in [-0.1, -0.05) is 24.7 Å². The summed E-state index contributed by atoms with van der Waals surface area (Å²) in [6.07, 6.45) is 3.29. The van der Waals surface area contributed by atoms with Crippen LogP contribution in [0.15, 0.2) is 39.7 Å². The van der Waals surface area contributed by atoms with Crippen LogP contribution in [0.4, 0.5) is 20.4 Å². The number of hydrogen-bond donors (Lipinski definition) is 2. The van der Waals surface area contributed by atoms with E-state index in [2.05, 4.69) is 25.3 Å². The molecule has 3 N–H and O–H groups in total. The van der Waals surface area contributed by atoms with Gasteiger partial charge in [0.2, 0.25) is 11.8 Å². The standard InChI is InChI=1S/C28H31F2N9O4S/c1-2-3-6-32-22(40)16-43-21-15-19(17(29)14-18(21)30)37-10-7-36(8-11-37)9-12-38-25-23(44-28(38)41)26-33-24(20-5-4-13-42-20)35-39(26)27(31)34-25/h4-5,13-15H,2-3,6-12,16H2,1H3,(H2,31,34)(H,32,40). The number of amides is 1. The SMILES string of the molecule is CCCCNC(=O)COc1cc(N2CCN(CCn3c(=O)sc4c3nc(N)n3nc(-c5ccco5)nc43)CC2)c(F)cc1F. The van der Waals surface area contributed by atoms with Gasteiger partial charge >= 0.3 is 4.87 Å². The molecule has 1 fully saturated rings. The number of carbonyl (C=O) groups excluding carboxylic acids is 1. The third-order valence-electron chi connectivity index (χ3n) is 7.42. The number of hydrogen-bond acceptors (Lipinski definition) is 11. The number of thiazole rings is 1. The highest BCUT2D eigenvalue weighted by molar-refractivity contribution is 7.17. The maximum atomic E-state index is 14.8. The van der Waals surface area contributed by atoms with Gasteiger partial charge in [-0.15, -0.1) is 5.10 Å². The van der Waals surface area contributed by atoms with Crippen molar-refractivity contribution < 1.29 is 22.7 Å². The van der Waals surface area contributed by atoms with Gasteiger partial charge in [-0.25, -0.2) is 13.8 Å². The number of nitrogen functional groups attached to an aromatic ring is 1. The summed E-state index contributed by atoms with van der Waals surface area (Å²) in [5, 5.41) is 7.08. The van der Waals surface area contributed by atoms with Crippen molar-refractivity contribution in [3.8, 4) is 17.3 Å². The monoisotopic (exact) mass is 627 g/mol. The minimum atomic E-state index is -0.866. The van der Waals surface area contributed by atoms with Crippen molar-refractivity contribution in [3.05, 3.63) is 51.8 Å². The number of ether oxygens (including phenoxy) is 1. The normalized spacial score (nSPS) is 14.1. The van der Waals surface area contributed by atoms with Crippen LogP contribution in [0.25, 0.3) is 27.6 Å². The summed E-state index contributed by atoms with van der Waals surface area (Å²) in [6, 6.07) is 5.54. The Morgan fingerprint density at radius 2 is 1.95 bits per heavy atom. The number of nitrogens with two attached hydrogens (primary N) is 1. The van der Waals surface area contributed by atoms with Crippen molar-refractivity contribution >= 4 is 44.9 Å². The molecule has 0 aliphatic carbocycles. The molecular formula is C28H31F2N9O4S. The minimum Gasteiger partial charge on any atom is -0.481 e. The third-order valence-corrected chi connectivity index (χ3v) is 8.39. The van der Waals surface area contributed by atoms with E-state index in [-0.39, 0.29) is 34.8 Å². The molecule has 1 aliphatic rings. The number of unbranched alkanes of at least 4 members (excludes halogenated alkanes) is 1. The van der Waals surface area contributed by atoms with Gasteiger partial charge in [0, 0.05) is 57.9 Å². The fourth-order valence-electron chi connectivity index (χ4n) is 5.06. The maximum Gasteiger partial charge on any atom is 0.309 e. The zero-order valence-electron chi connectivity index (χ0n) is 24.0. The van der Waals surface area contributed by atoms with Crippen LogP contribution in [0.1, 0.15) is 19.8 Å². The quantitative estimate of drug-likeness (QED) is 0.209. The fourth-order valence-corrected chi connectivity index (χ4v) is 5.99. The van der Waals surface area contributed by atoms with Crippen LogP contribution < -0.4 is 25.6 Å². The topological polar surface area (TPSA) is 149 Å². The van der Waals surface area contributed by atoms with E-state index in [9.17, 15) is 18.4 Å². The second-order valence-corrected chi connectivity index (χ2v) is 11.3. The van der Waals surface area contributed by atoms with Crippen molar-refractivity contribution in [1.29, 1.82) is 0 Å². The van der Waals surface area contributed by atoms with E-state index < -0.39 is 11.6 Å². The molecule has 5 aromatic rings. The zero-order chi connectivity index (χ0) is 30.8. The number of furan rings is 1. The van der Waals surface area contributed by atoms with Crippen LogP contribution in [0.3, 0.4) is 0 Å². The van der Waals surface area contributed by atoms with E-state index in [4.69, 9.17) is 14.9 Å².